The van der Waals surface area contributed by atoms with Crippen LogP contribution in [0.5, 0.6) is 5.75 Å². The van der Waals surface area contributed by atoms with Crippen molar-refractivity contribution < 1.29 is 19.7 Å². The molecule has 0 saturated carbocycles. The minimum atomic E-state index is -1.02. The van der Waals surface area contributed by atoms with Gasteiger partial charge < -0.3 is 14.9 Å². The Morgan fingerprint density at radius 1 is 1.44 bits per heavy atom. The Hall–Kier alpha value is -1.04. The van der Waals surface area contributed by atoms with E-state index in [2.05, 4.69) is 0 Å². The summed E-state index contributed by atoms with van der Waals surface area (Å²) in [5.74, 6) is 0.829. The average molecular weight is 270 g/mol. The summed E-state index contributed by atoms with van der Waals surface area (Å²) in [4.78, 5) is 10.8. The van der Waals surface area contributed by atoms with Gasteiger partial charge in [0.25, 0.3) is 0 Å². The molecule has 0 aromatic heterocycles. The predicted octanol–water partition coefficient (Wildman–Crippen LogP) is 1.76. The number of rotatable bonds is 6. The zero-order valence-electron chi connectivity index (χ0n) is 10.5. The normalized spacial score (nSPS) is 14.0. The van der Waals surface area contributed by atoms with Gasteiger partial charge in [-0.25, -0.2) is 0 Å². The van der Waals surface area contributed by atoms with Crippen molar-refractivity contribution in [2.45, 2.75) is 26.1 Å². The Kier molecular flexibility index (Phi) is 6.18. The molecule has 0 aliphatic heterocycles. The van der Waals surface area contributed by atoms with Crippen molar-refractivity contribution in [3.63, 3.8) is 0 Å². The second-order valence-electron chi connectivity index (χ2n) is 3.82. The van der Waals surface area contributed by atoms with Crippen LogP contribution in [-0.2, 0) is 4.79 Å². The van der Waals surface area contributed by atoms with Crippen LogP contribution < -0.4 is 4.74 Å². The lowest BCUT2D eigenvalue weighted by molar-refractivity contribution is -0.109. The molecule has 100 valence electrons. The van der Waals surface area contributed by atoms with Gasteiger partial charge in [-0.05, 0) is 24.6 Å². The van der Waals surface area contributed by atoms with Gasteiger partial charge in [0.2, 0.25) is 0 Å². The Labute approximate surface area is 111 Å². The molecule has 0 radical (unpaired) electrons. The summed E-state index contributed by atoms with van der Waals surface area (Å²) in [5.41, 5.74) is 0.581. The molecule has 18 heavy (non-hydrogen) atoms. The van der Waals surface area contributed by atoms with Crippen molar-refractivity contribution in [3.05, 3.63) is 29.8 Å². The maximum atomic E-state index is 10.8. The van der Waals surface area contributed by atoms with Gasteiger partial charge in [-0.2, -0.15) is 0 Å². The van der Waals surface area contributed by atoms with Gasteiger partial charge in [0.1, 0.15) is 11.9 Å². The highest BCUT2D eigenvalue weighted by Crippen LogP contribution is 2.23. The van der Waals surface area contributed by atoms with E-state index in [1.165, 1.54) is 6.92 Å². The second-order valence-corrected chi connectivity index (χ2v) is 5.02. The Morgan fingerprint density at radius 2 is 2.17 bits per heavy atom. The Morgan fingerprint density at radius 3 is 2.78 bits per heavy atom. The number of aliphatic hydroxyl groups excluding tert-OH is 2. The topological polar surface area (TPSA) is 66.8 Å². The van der Waals surface area contributed by atoms with Gasteiger partial charge in [0.15, 0.2) is 5.12 Å². The summed E-state index contributed by atoms with van der Waals surface area (Å²) in [7, 11) is 0. The van der Waals surface area contributed by atoms with Gasteiger partial charge in [-0.15, -0.1) is 0 Å². The van der Waals surface area contributed by atoms with Crippen molar-refractivity contribution in [2.24, 2.45) is 0 Å². The van der Waals surface area contributed by atoms with Crippen molar-refractivity contribution >= 4 is 16.9 Å². The molecule has 0 bridgehead atoms. The number of hydrogen-bond donors (Lipinski definition) is 2. The third kappa shape index (κ3) is 4.68. The van der Waals surface area contributed by atoms with Gasteiger partial charge in [0, 0.05) is 12.7 Å². The third-order valence-electron chi connectivity index (χ3n) is 2.33. The molecule has 4 nitrogen and oxygen atoms in total. The fourth-order valence-electron chi connectivity index (χ4n) is 1.47. The van der Waals surface area contributed by atoms with Gasteiger partial charge >= 0.3 is 0 Å². The van der Waals surface area contributed by atoms with Crippen LogP contribution in [0.1, 0.15) is 25.5 Å². The van der Waals surface area contributed by atoms with Crippen LogP contribution in [-0.4, -0.2) is 33.8 Å². The fraction of sp³-hybridized carbons (Fsp3) is 0.462. The summed E-state index contributed by atoms with van der Waals surface area (Å²) in [6.45, 7) is 3.85. The molecule has 0 heterocycles. The zero-order chi connectivity index (χ0) is 13.5. The van der Waals surface area contributed by atoms with Gasteiger partial charge in [0.05, 0.1) is 12.7 Å². The van der Waals surface area contributed by atoms with Crippen molar-refractivity contribution in [1.29, 1.82) is 0 Å². The van der Waals surface area contributed by atoms with E-state index in [9.17, 15) is 15.0 Å². The van der Waals surface area contributed by atoms with E-state index in [4.69, 9.17) is 4.74 Å². The lowest BCUT2D eigenvalue weighted by Gasteiger charge is -2.18. The quantitative estimate of drug-likeness (QED) is 0.824. The van der Waals surface area contributed by atoms with Crippen LogP contribution in [0.2, 0.25) is 0 Å². The number of benzene rings is 1. The summed E-state index contributed by atoms with van der Waals surface area (Å²) in [6.07, 6.45) is -1.99. The molecule has 2 N–H and O–H groups in total. The van der Waals surface area contributed by atoms with Crippen LogP contribution in [0, 0.1) is 0 Å². The summed E-state index contributed by atoms with van der Waals surface area (Å²) in [6, 6.07) is 6.95. The van der Waals surface area contributed by atoms with E-state index in [-0.39, 0.29) is 10.9 Å². The zero-order valence-corrected chi connectivity index (χ0v) is 11.3. The maximum Gasteiger partial charge on any atom is 0.185 e. The number of ether oxygens (including phenoxy) is 1. The first kappa shape index (κ1) is 15.0. The highest BCUT2D eigenvalue weighted by atomic mass is 32.2. The molecular weight excluding hydrogens is 252 g/mol. The number of carbonyl (C=O) groups is 1. The first-order chi connectivity index (χ1) is 8.54. The molecule has 0 fully saturated rings. The lowest BCUT2D eigenvalue weighted by Crippen LogP contribution is -2.21. The molecule has 0 amide bonds. The van der Waals surface area contributed by atoms with Gasteiger partial charge in [-0.3, -0.25) is 4.79 Å². The molecule has 0 aliphatic carbocycles. The number of hydrogen-bond acceptors (Lipinski definition) is 5. The molecule has 1 aromatic rings. The van der Waals surface area contributed by atoms with Crippen molar-refractivity contribution in [3.8, 4) is 5.75 Å². The van der Waals surface area contributed by atoms with Crippen LogP contribution in [0.25, 0.3) is 0 Å². The molecule has 2 atom stereocenters. The van der Waals surface area contributed by atoms with E-state index in [0.29, 0.717) is 17.9 Å². The smallest absolute Gasteiger partial charge is 0.185 e. The molecule has 0 aliphatic rings. The first-order valence-corrected chi connectivity index (χ1v) is 6.75. The van der Waals surface area contributed by atoms with E-state index in [1.807, 2.05) is 6.92 Å². The maximum absolute atomic E-state index is 10.8. The van der Waals surface area contributed by atoms with Crippen LogP contribution in [0.4, 0.5) is 0 Å². The highest BCUT2D eigenvalue weighted by molar-refractivity contribution is 8.13. The van der Waals surface area contributed by atoms with Crippen LogP contribution >= 0.6 is 11.8 Å². The summed E-state index contributed by atoms with van der Waals surface area (Å²) < 4.78 is 5.32. The molecule has 0 saturated heterocycles. The minimum Gasteiger partial charge on any atom is -0.494 e. The summed E-state index contributed by atoms with van der Waals surface area (Å²) >= 11 is 0.997. The van der Waals surface area contributed by atoms with E-state index in [1.54, 1.807) is 24.3 Å². The van der Waals surface area contributed by atoms with E-state index in [0.717, 1.165) is 11.8 Å². The number of carbonyl (C=O) groups excluding carboxylic acids is 1. The first-order valence-electron chi connectivity index (χ1n) is 5.76. The van der Waals surface area contributed by atoms with E-state index >= 15 is 0 Å². The molecule has 0 spiro atoms. The fourth-order valence-corrected chi connectivity index (χ4v) is 2.06. The number of thioether (sulfide) groups is 1. The minimum absolute atomic E-state index is 0.0793. The highest BCUT2D eigenvalue weighted by Gasteiger charge is 2.19. The Balaban J connectivity index is 2.67. The average Bonchev–Trinajstić information content (AvgIpc) is 2.35. The monoisotopic (exact) mass is 270 g/mol. The molecule has 5 heteroatoms. The predicted molar refractivity (Wildman–Crippen MR) is 71.7 cm³/mol. The lowest BCUT2D eigenvalue weighted by atomic mass is 10.1. The molecule has 2 unspecified atom stereocenters. The standard InChI is InChI=1S/C13H18O4S/c1-3-17-11-6-4-5-10(7-11)13(16)12(15)8-18-9(2)14/h4-7,12-13,15-16H,3,8H2,1-2H3. The van der Waals surface area contributed by atoms with Crippen molar-refractivity contribution in [1.82, 2.24) is 0 Å². The third-order valence-corrected chi connectivity index (χ3v) is 3.25. The summed E-state index contributed by atoms with van der Waals surface area (Å²) in [5, 5.41) is 19.7. The largest absolute Gasteiger partial charge is 0.494 e. The molecular formula is C13H18O4S. The van der Waals surface area contributed by atoms with E-state index < -0.39 is 12.2 Å². The van der Waals surface area contributed by atoms with Crippen LogP contribution in [0.15, 0.2) is 24.3 Å². The second kappa shape index (κ2) is 7.41. The van der Waals surface area contributed by atoms with Crippen LogP contribution in [0.3, 0.4) is 0 Å². The SMILES string of the molecule is CCOc1cccc(C(O)C(O)CSC(C)=O)c1. The van der Waals surface area contributed by atoms with Crippen molar-refractivity contribution in [2.75, 3.05) is 12.4 Å². The number of aliphatic hydroxyl groups is 2. The van der Waals surface area contributed by atoms with Gasteiger partial charge in [-0.1, -0.05) is 23.9 Å². The molecule has 1 rings (SSSR count). The Bertz CT molecular complexity index is 394. The molecule has 1 aromatic carbocycles.